The molecule has 3 atom stereocenters. The van der Waals surface area contributed by atoms with Gasteiger partial charge in [-0.3, -0.25) is 4.98 Å². The maximum absolute atomic E-state index is 12.4. The fraction of sp³-hybridized carbons (Fsp3) is 0.545. The highest BCUT2D eigenvalue weighted by Crippen LogP contribution is 2.32. The molecular weight excluding hydrogens is 441 g/mol. The summed E-state index contributed by atoms with van der Waals surface area (Å²) in [5, 5.41) is 0. The molecule has 2 unspecified atom stereocenters. The third-order valence-corrected chi connectivity index (χ3v) is 5.43. The van der Waals surface area contributed by atoms with Crippen LogP contribution in [0.1, 0.15) is 44.4 Å². The van der Waals surface area contributed by atoms with Gasteiger partial charge < -0.3 is 19.1 Å². The molecule has 0 aromatic carbocycles. The van der Waals surface area contributed by atoms with Crippen molar-refractivity contribution in [3.63, 3.8) is 0 Å². The molecule has 0 saturated carbocycles. The van der Waals surface area contributed by atoms with Gasteiger partial charge in [-0.1, -0.05) is 0 Å². The van der Waals surface area contributed by atoms with E-state index in [1.54, 1.807) is 32.2 Å². The van der Waals surface area contributed by atoms with Gasteiger partial charge >= 0.3 is 12.3 Å². The van der Waals surface area contributed by atoms with E-state index in [9.17, 15) is 18.0 Å². The second kappa shape index (κ2) is 10.2. The summed E-state index contributed by atoms with van der Waals surface area (Å²) >= 11 is 0. The van der Waals surface area contributed by atoms with E-state index in [-0.39, 0.29) is 18.2 Å². The van der Waals surface area contributed by atoms with E-state index >= 15 is 0 Å². The average molecular weight is 468 g/mol. The number of pyridine rings is 1. The lowest BCUT2D eigenvalue weighted by Gasteiger charge is -2.29. The van der Waals surface area contributed by atoms with Crippen LogP contribution in [0.5, 0.6) is 17.5 Å². The van der Waals surface area contributed by atoms with Crippen LogP contribution in [0.2, 0.25) is 0 Å². The van der Waals surface area contributed by atoms with Gasteiger partial charge in [0.15, 0.2) is 12.4 Å². The summed E-state index contributed by atoms with van der Waals surface area (Å²) in [4.78, 5) is 26.2. The Kier molecular flexibility index (Phi) is 7.60. The van der Waals surface area contributed by atoms with E-state index in [2.05, 4.69) is 19.7 Å². The van der Waals surface area contributed by atoms with Crippen LogP contribution in [-0.4, -0.2) is 56.9 Å². The highest BCUT2D eigenvalue weighted by molar-refractivity contribution is 5.69. The van der Waals surface area contributed by atoms with Crippen LogP contribution >= 0.6 is 0 Å². The second-order valence-corrected chi connectivity index (χ2v) is 8.12. The first kappa shape index (κ1) is 24.5. The van der Waals surface area contributed by atoms with E-state index in [0.717, 1.165) is 0 Å². The lowest BCUT2D eigenvalue weighted by Crippen LogP contribution is -2.43. The van der Waals surface area contributed by atoms with Gasteiger partial charge in [-0.25, -0.2) is 14.8 Å². The predicted molar refractivity (Wildman–Crippen MR) is 112 cm³/mol. The minimum Gasteiger partial charge on any atom is -0.474 e. The Balaban J connectivity index is 1.64. The Morgan fingerprint density at radius 2 is 1.94 bits per heavy atom. The van der Waals surface area contributed by atoms with Crippen molar-refractivity contribution in [2.24, 2.45) is 0 Å². The normalized spacial score (nSPS) is 19.3. The molecule has 1 saturated heterocycles. The number of aromatic nitrogens is 3. The zero-order valence-electron chi connectivity index (χ0n) is 18.9. The number of likely N-dealkylation sites (tertiary alicyclic amines) is 1. The number of halogens is 3. The van der Waals surface area contributed by atoms with Crippen molar-refractivity contribution in [3.05, 3.63) is 35.9 Å². The highest BCUT2D eigenvalue weighted by atomic mass is 19.4. The molecule has 1 fully saturated rings. The molecule has 3 rings (SSSR count). The average Bonchev–Trinajstić information content (AvgIpc) is 3.10. The molecule has 1 amide bonds. The molecule has 2 aromatic heterocycles. The number of carbonyl (C=O) groups is 1. The number of hydrogen-bond acceptors (Lipinski definition) is 7. The van der Waals surface area contributed by atoms with Crippen molar-refractivity contribution in [1.82, 2.24) is 19.9 Å². The maximum atomic E-state index is 12.4. The van der Waals surface area contributed by atoms with E-state index in [1.807, 2.05) is 13.8 Å². The zero-order valence-corrected chi connectivity index (χ0v) is 18.9. The highest BCUT2D eigenvalue weighted by Gasteiger charge is 2.38. The number of carbonyl (C=O) groups excluding carboxylic acids is 1. The van der Waals surface area contributed by atoms with Crippen LogP contribution < -0.4 is 9.47 Å². The number of amides is 1. The Bertz CT molecular complexity index is 973. The molecule has 8 nitrogen and oxygen atoms in total. The topological polar surface area (TPSA) is 86.7 Å². The Hall–Kier alpha value is -3.11. The molecule has 0 radical (unpaired) electrons. The molecule has 0 bridgehead atoms. The quantitative estimate of drug-likeness (QED) is 0.566. The summed E-state index contributed by atoms with van der Waals surface area (Å²) in [5.41, 5.74) is 1.30. The van der Waals surface area contributed by atoms with Crippen molar-refractivity contribution in [3.8, 4) is 17.5 Å². The number of nitrogens with zero attached hydrogens (tertiary/aromatic N) is 4. The van der Waals surface area contributed by atoms with E-state index < -0.39 is 18.9 Å². The molecule has 2 aromatic rings. The van der Waals surface area contributed by atoms with Crippen molar-refractivity contribution >= 4 is 6.09 Å². The molecule has 11 heteroatoms. The SMILES string of the molecule is Cc1ncccc1Oc1ncnc(O[C@H](C)CC2CCC(C)N2C(=O)OCC(F)(F)F)c1C. The van der Waals surface area contributed by atoms with Crippen LogP contribution in [0.25, 0.3) is 0 Å². The first-order valence-corrected chi connectivity index (χ1v) is 10.6. The molecule has 0 spiro atoms. The number of ether oxygens (including phenoxy) is 3. The summed E-state index contributed by atoms with van der Waals surface area (Å²) < 4.78 is 53.6. The van der Waals surface area contributed by atoms with E-state index in [0.29, 0.717) is 48.0 Å². The molecule has 1 aliphatic rings. The maximum Gasteiger partial charge on any atom is 0.422 e. The largest absolute Gasteiger partial charge is 0.474 e. The monoisotopic (exact) mass is 468 g/mol. The van der Waals surface area contributed by atoms with Crippen LogP contribution in [-0.2, 0) is 4.74 Å². The summed E-state index contributed by atoms with van der Waals surface area (Å²) in [6.45, 7) is 5.59. The third-order valence-electron chi connectivity index (χ3n) is 5.43. The minimum absolute atomic E-state index is 0.216. The first-order chi connectivity index (χ1) is 15.5. The van der Waals surface area contributed by atoms with Crippen LogP contribution in [0.4, 0.5) is 18.0 Å². The van der Waals surface area contributed by atoms with Gasteiger partial charge in [0.25, 0.3) is 0 Å². The molecule has 3 heterocycles. The summed E-state index contributed by atoms with van der Waals surface area (Å²) in [5.74, 6) is 1.22. The molecule has 0 aliphatic carbocycles. The zero-order chi connectivity index (χ0) is 24.2. The fourth-order valence-electron chi connectivity index (χ4n) is 3.79. The van der Waals surface area contributed by atoms with Crippen LogP contribution in [0, 0.1) is 13.8 Å². The lowest BCUT2D eigenvalue weighted by molar-refractivity contribution is -0.163. The fourth-order valence-corrected chi connectivity index (χ4v) is 3.79. The molecule has 0 N–H and O–H groups in total. The van der Waals surface area contributed by atoms with E-state index in [1.165, 1.54) is 11.2 Å². The van der Waals surface area contributed by atoms with Gasteiger partial charge in [0.1, 0.15) is 6.33 Å². The standard InChI is InChI=1S/C22H27F3N4O4/c1-13-7-8-17(29(13)21(30)31-11-22(23,24)25)10-14(2)32-19-15(3)20(28-12-27-19)33-18-6-5-9-26-16(18)4/h5-6,9,12-14,17H,7-8,10-11H2,1-4H3/t13?,14-,17?/m1/s1. The summed E-state index contributed by atoms with van der Waals surface area (Å²) in [7, 11) is 0. The van der Waals surface area contributed by atoms with Crippen molar-refractivity contribution in [1.29, 1.82) is 0 Å². The van der Waals surface area contributed by atoms with Crippen molar-refractivity contribution in [2.75, 3.05) is 6.61 Å². The lowest BCUT2D eigenvalue weighted by atomic mass is 10.1. The molecule has 33 heavy (non-hydrogen) atoms. The minimum atomic E-state index is -4.57. The Morgan fingerprint density at radius 3 is 2.64 bits per heavy atom. The number of alkyl halides is 3. The summed E-state index contributed by atoms with van der Waals surface area (Å²) in [6.07, 6.45) is -1.18. The number of aryl methyl sites for hydroxylation is 1. The van der Waals surface area contributed by atoms with Gasteiger partial charge in [-0.05, 0) is 52.7 Å². The number of rotatable bonds is 7. The molecule has 1 aliphatic heterocycles. The van der Waals surface area contributed by atoms with Gasteiger partial charge in [-0.2, -0.15) is 13.2 Å². The van der Waals surface area contributed by atoms with Crippen molar-refractivity contribution < 1.29 is 32.2 Å². The second-order valence-electron chi connectivity index (χ2n) is 8.12. The Labute approximate surface area is 190 Å². The summed E-state index contributed by atoms with van der Waals surface area (Å²) in [6, 6.07) is 3.02. The Morgan fingerprint density at radius 1 is 1.21 bits per heavy atom. The third kappa shape index (κ3) is 6.45. The van der Waals surface area contributed by atoms with Gasteiger partial charge in [0.2, 0.25) is 11.8 Å². The van der Waals surface area contributed by atoms with Gasteiger partial charge in [0, 0.05) is 24.7 Å². The van der Waals surface area contributed by atoms with Crippen LogP contribution in [0.3, 0.4) is 0 Å². The van der Waals surface area contributed by atoms with Gasteiger partial charge in [-0.15, -0.1) is 0 Å². The van der Waals surface area contributed by atoms with Crippen LogP contribution in [0.15, 0.2) is 24.7 Å². The predicted octanol–water partition coefficient (Wildman–Crippen LogP) is 4.99. The van der Waals surface area contributed by atoms with Crippen molar-refractivity contribution in [2.45, 2.75) is 71.3 Å². The van der Waals surface area contributed by atoms with Gasteiger partial charge in [0.05, 0.1) is 17.4 Å². The van der Waals surface area contributed by atoms with E-state index in [4.69, 9.17) is 9.47 Å². The molecule has 180 valence electrons. The smallest absolute Gasteiger partial charge is 0.422 e. The molecular formula is C22H27F3N4O4. The first-order valence-electron chi connectivity index (χ1n) is 10.6. The number of hydrogen-bond donors (Lipinski definition) is 0.